The van der Waals surface area contributed by atoms with Crippen molar-refractivity contribution in [1.82, 2.24) is 16.0 Å². The number of benzene rings is 1. The number of aliphatic imine (C=N–C) groups is 3. The third kappa shape index (κ3) is 6.88. The van der Waals surface area contributed by atoms with Gasteiger partial charge in [-0.3, -0.25) is 4.79 Å². The fourth-order valence-electron chi connectivity index (χ4n) is 8.45. The van der Waals surface area contributed by atoms with E-state index >= 15 is 0 Å². The van der Waals surface area contributed by atoms with Crippen LogP contribution in [0.15, 0.2) is 131 Å². The lowest BCUT2D eigenvalue weighted by atomic mass is 9.86. The van der Waals surface area contributed by atoms with Crippen molar-refractivity contribution in [1.29, 1.82) is 0 Å². The minimum Gasteiger partial charge on any atom is -0.511 e. The van der Waals surface area contributed by atoms with E-state index in [9.17, 15) is 9.90 Å². The number of carbonyl (C=O) groups is 1. The van der Waals surface area contributed by atoms with E-state index in [2.05, 4.69) is 100.0 Å². The third-order valence-electron chi connectivity index (χ3n) is 11.5. The van der Waals surface area contributed by atoms with Crippen molar-refractivity contribution in [3.05, 3.63) is 127 Å². The van der Waals surface area contributed by atoms with Crippen LogP contribution in [-0.4, -0.2) is 54.4 Å². The van der Waals surface area contributed by atoms with Crippen molar-refractivity contribution >= 4 is 23.0 Å². The predicted molar refractivity (Wildman–Crippen MR) is 214 cm³/mol. The van der Waals surface area contributed by atoms with Crippen LogP contribution in [0.5, 0.6) is 0 Å². The molecule has 1 saturated heterocycles. The van der Waals surface area contributed by atoms with Crippen molar-refractivity contribution in [3.63, 3.8) is 0 Å². The summed E-state index contributed by atoms with van der Waals surface area (Å²) in [6.07, 6.45) is 8.42. The molecule has 5 heterocycles. The van der Waals surface area contributed by atoms with Crippen molar-refractivity contribution in [2.75, 3.05) is 20.1 Å². The Kier molecular flexibility index (Phi) is 10.2. The molecular weight excluding hydrogens is 661 g/mol. The van der Waals surface area contributed by atoms with Gasteiger partial charge in [-0.25, -0.2) is 15.0 Å². The molecule has 5 aliphatic heterocycles. The van der Waals surface area contributed by atoms with E-state index in [0.717, 1.165) is 97.6 Å². The zero-order valence-electron chi connectivity index (χ0n) is 32.3. The number of aliphatic hydroxyl groups excluding tert-OH is 1. The topological polar surface area (TPSA) is 120 Å². The summed E-state index contributed by atoms with van der Waals surface area (Å²) in [5.41, 5.74) is 16.7. The summed E-state index contributed by atoms with van der Waals surface area (Å²) in [7, 11) is 1.88. The van der Waals surface area contributed by atoms with Gasteiger partial charge in [0.15, 0.2) is 0 Å². The number of allylic oxidation sites excluding steroid dienone is 11. The molecule has 2 unspecified atom stereocenters. The second-order valence-corrected chi connectivity index (χ2v) is 15.0. The Morgan fingerprint density at radius 1 is 1.02 bits per heavy atom. The summed E-state index contributed by atoms with van der Waals surface area (Å²) in [5, 5.41) is 21.3. The molecule has 4 N–H and O–H groups in total. The lowest BCUT2D eigenvalue weighted by Crippen LogP contribution is -2.30. The molecule has 53 heavy (non-hydrogen) atoms. The molecule has 7 rings (SSSR count). The molecule has 9 heteroatoms. The SMILES string of the molecule is CCC1=C(C)C2=NC1=CC1=C(C)C3=C(O)CC(=C4NC(=CC5=NC(=C2)C(C(C)OCc2cccc(C)c2)=C5C)C(C)[C@@H]4CCC(=O)NCCNC)C3=N1. The molecule has 1 fully saturated rings. The van der Waals surface area contributed by atoms with E-state index in [1.165, 1.54) is 11.1 Å². The smallest absolute Gasteiger partial charge is 0.220 e. The first kappa shape index (κ1) is 36.5. The number of aryl methyl sites for hydroxylation is 1. The van der Waals surface area contributed by atoms with E-state index in [-0.39, 0.29) is 23.8 Å². The molecule has 0 spiro atoms. The molecule has 1 aliphatic carbocycles. The largest absolute Gasteiger partial charge is 0.511 e. The first-order chi connectivity index (χ1) is 25.5. The highest BCUT2D eigenvalue weighted by molar-refractivity contribution is 6.21. The Hall–Kier alpha value is -4.86. The summed E-state index contributed by atoms with van der Waals surface area (Å²) in [5.74, 6) is 0.467. The number of amides is 1. The Morgan fingerprint density at radius 3 is 2.55 bits per heavy atom. The van der Waals surface area contributed by atoms with Crippen LogP contribution in [-0.2, 0) is 16.1 Å². The molecule has 1 amide bonds. The van der Waals surface area contributed by atoms with Crippen molar-refractivity contribution in [2.45, 2.75) is 86.9 Å². The molecular formula is C44H52N6O3. The van der Waals surface area contributed by atoms with Gasteiger partial charge in [0.1, 0.15) is 5.76 Å². The van der Waals surface area contributed by atoms with Crippen LogP contribution in [0.4, 0.5) is 0 Å². The van der Waals surface area contributed by atoms with Crippen LogP contribution < -0.4 is 16.0 Å². The minimum absolute atomic E-state index is 0.0238. The van der Waals surface area contributed by atoms with E-state index in [1.807, 2.05) is 14.0 Å². The quantitative estimate of drug-likeness (QED) is 0.176. The maximum atomic E-state index is 12.9. The number of nitrogens with zero attached hydrogens (tertiary/aromatic N) is 3. The maximum absolute atomic E-state index is 12.9. The van der Waals surface area contributed by atoms with Gasteiger partial charge in [0.25, 0.3) is 0 Å². The molecule has 0 radical (unpaired) electrons. The molecule has 0 saturated carbocycles. The van der Waals surface area contributed by atoms with Gasteiger partial charge in [0, 0.05) is 65.9 Å². The lowest BCUT2D eigenvalue weighted by Gasteiger charge is -2.18. The molecule has 276 valence electrons. The monoisotopic (exact) mass is 712 g/mol. The fraction of sp³-hybridized carbons (Fsp3) is 0.409. The number of rotatable bonds is 11. The average Bonchev–Trinajstić information content (AvgIpc) is 3.88. The second-order valence-electron chi connectivity index (χ2n) is 15.0. The lowest BCUT2D eigenvalue weighted by molar-refractivity contribution is -0.121. The standard InChI is InChI=1S/C44H52N6O3/c1-9-30-24(3)33-21-38-41(28(7)53-22-29-12-10-11-23(2)17-29)26(5)35(48-38)19-34-25(4)31(13-14-40(52)46-16-15-45-8)43(49-34)32-18-39(51)42-27(6)36(50-44(32)42)20-37(30)47-33/h10-12,17,19-21,25,28,31,45,49,51H,9,13-16,18,22H2,1-8H3,(H,46,52)/t25?,28?,31-/m0/s1. The van der Waals surface area contributed by atoms with Gasteiger partial charge in [-0.05, 0) is 101 Å². The summed E-state index contributed by atoms with van der Waals surface area (Å²) in [6, 6.07) is 8.44. The van der Waals surface area contributed by atoms with Crippen LogP contribution >= 0.6 is 0 Å². The fourth-order valence-corrected chi connectivity index (χ4v) is 8.45. The Morgan fingerprint density at radius 2 is 1.79 bits per heavy atom. The van der Waals surface area contributed by atoms with E-state index < -0.39 is 0 Å². The Balaban J connectivity index is 1.34. The first-order valence-corrected chi connectivity index (χ1v) is 19.0. The molecule has 8 bridgehead atoms. The number of nitrogens with one attached hydrogen (secondary N) is 3. The molecule has 9 nitrogen and oxygen atoms in total. The normalized spacial score (nSPS) is 22.6. The molecule has 0 aromatic heterocycles. The summed E-state index contributed by atoms with van der Waals surface area (Å²) >= 11 is 0. The zero-order valence-corrected chi connectivity index (χ0v) is 32.3. The Labute approximate surface area is 313 Å². The number of ether oxygens (including phenoxy) is 1. The van der Waals surface area contributed by atoms with E-state index in [0.29, 0.717) is 38.2 Å². The summed E-state index contributed by atoms with van der Waals surface area (Å²) in [4.78, 5) is 28.6. The second kappa shape index (κ2) is 14.9. The van der Waals surface area contributed by atoms with Gasteiger partial charge in [-0.1, -0.05) is 43.7 Å². The molecule has 6 aliphatic rings. The van der Waals surface area contributed by atoms with Crippen LogP contribution in [0.3, 0.4) is 0 Å². The van der Waals surface area contributed by atoms with Gasteiger partial charge in [-0.2, -0.15) is 0 Å². The Bertz CT molecular complexity index is 2130. The summed E-state index contributed by atoms with van der Waals surface area (Å²) < 4.78 is 6.57. The van der Waals surface area contributed by atoms with Crippen LogP contribution in [0.1, 0.15) is 78.4 Å². The molecule has 3 atom stereocenters. The zero-order chi connectivity index (χ0) is 37.6. The first-order valence-electron chi connectivity index (χ1n) is 19.0. The van der Waals surface area contributed by atoms with Gasteiger partial charge in [0.2, 0.25) is 5.91 Å². The van der Waals surface area contributed by atoms with Crippen LogP contribution in [0, 0.1) is 18.8 Å². The van der Waals surface area contributed by atoms with Crippen LogP contribution in [0.2, 0.25) is 0 Å². The number of hydrogen-bond acceptors (Lipinski definition) is 8. The average molecular weight is 713 g/mol. The highest BCUT2D eigenvalue weighted by Gasteiger charge is 2.41. The van der Waals surface area contributed by atoms with E-state index in [4.69, 9.17) is 19.7 Å². The van der Waals surface area contributed by atoms with Crippen molar-refractivity contribution in [2.24, 2.45) is 26.8 Å². The minimum atomic E-state index is -0.221. The van der Waals surface area contributed by atoms with Crippen LogP contribution in [0.25, 0.3) is 0 Å². The number of carbonyl (C=O) groups excluding carboxylic acids is 1. The molecule has 1 aromatic rings. The van der Waals surface area contributed by atoms with Crippen molar-refractivity contribution < 1.29 is 14.6 Å². The third-order valence-corrected chi connectivity index (χ3v) is 11.5. The predicted octanol–water partition coefficient (Wildman–Crippen LogP) is 7.69. The van der Waals surface area contributed by atoms with Gasteiger partial charge < -0.3 is 25.8 Å². The number of likely N-dealkylation sites (N-methyl/N-ethyl adjacent to an activating group) is 1. The number of fused-ring (bicyclic) bond motifs is 5. The molecule has 1 aromatic carbocycles. The highest BCUT2D eigenvalue weighted by Crippen LogP contribution is 2.46. The van der Waals surface area contributed by atoms with Gasteiger partial charge in [0.05, 0.1) is 46.9 Å². The highest BCUT2D eigenvalue weighted by atomic mass is 16.5. The summed E-state index contributed by atoms with van der Waals surface area (Å²) in [6.45, 7) is 16.7. The van der Waals surface area contributed by atoms with E-state index in [1.54, 1.807) is 0 Å². The van der Waals surface area contributed by atoms with Gasteiger partial charge >= 0.3 is 0 Å². The number of hydrogen-bond donors (Lipinski definition) is 4. The van der Waals surface area contributed by atoms with Crippen molar-refractivity contribution in [3.8, 4) is 0 Å². The van der Waals surface area contributed by atoms with Gasteiger partial charge in [-0.15, -0.1) is 0 Å². The maximum Gasteiger partial charge on any atom is 0.220 e. The number of aliphatic hydroxyl groups is 1.